The van der Waals surface area contributed by atoms with Crippen molar-refractivity contribution < 1.29 is 28.7 Å². The van der Waals surface area contributed by atoms with Gasteiger partial charge >= 0.3 is 11.9 Å². The maximum Gasteiger partial charge on any atom is 0.317 e. The standard InChI is InChI=1S/C19H16O6/c20-16(14-7-3-1-4-8-14)12-24-18(22)11-19(23)25-13-17(21)15-9-5-2-6-10-15/h1-10H,11-13H2. The Hall–Kier alpha value is -3.28. The molecule has 0 N–H and O–H groups in total. The van der Waals surface area contributed by atoms with Crippen LogP contribution in [0.3, 0.4) is 0 Å². The molecule has 0 bridgehead atoms. The second-order valence-electron chi connectivity index (χ2n) is 5.08. The normalized spacial score (nSPS) is 9.92. The van der Waals surface area contributed by atoms with Gasteiger partial charge in [-0.05, 0) is 0 Å². The zero-order chi connectivity index (χ0) is 18.1. The van der Waals surface area contributed by atoms with Gasteiger partial charge in [0.25, 0.3) is 0 Å². The van der Waals surface area contributed by atoms with E-state index in [1.54, 1.807) is 60.7 Å². The van der Waals surface area contributed by atoms with Gasteiger partial charge in [-0.2, -0.15) is 0 Å². The Bertz CT molecular complexity index is 686. The molecule has 0 radical (unpaired) electrons. The van der Waals surface area contributed by atoms with E-state index in [1.807, 2.05) is 0 Å². The number of ether oxygens (including phenoxy) is 2. The lowest BCUT2D eigenvalue weighted by Gasteiger charge is -2.05. The topological polar surface area (TPSA) is 86.7 Å². The Labute approximate surface area is 144 Å². The summed E-state index contributed by atoms with van der Waals surface area (Å²) in [5.41, 5.74) is 0.817. The molecule has 0 aliphatic heterocycles. The van der Waals surface area contributed by atoms with Crippen LogP contribution in [0.15, 0.2) is 60.7 Å². The molecule has 0 aromatic heterocycles. The zero-order valence-corrected chi connectivity index (χ0v) is 13.3. The highest BCUT2D eigenvalue weighted by molar-refractivity contribution is 6.00. The van der Waals surface area contributed by atoms with Crippen LogP contribution >= 0.6 is 0 Å². The predicted octanol–water partition coefficient (Wildman–Crippen LogP) is 2.23. The molecule has 0 saturated carbocycles. The van der Waals surface area contributed by atoms with Crippen molar-refractivity contribution in [1.82, 2.24) is 0 Å². The monoisotopic (exact) mass is 340 g/mol. The maximum absolute atomic E-state index is 11.8. The van der Waals surface area contributed by atoms with Crippen molar-refractivity contribution >= 4 is 23.5 Å². The third kappa shape index (κ3) is 6.02. The summed E-state index contributed by atoms with van der Waals surface area (Å²) in [7, 11) is 0. The first kappa shape index (κ1) is 18.1. The number of ketones is 2. The molecule has 0 amide bonds. The first-order valence-corrected chi connectivity index (χ1v) is 7.54. The molecule has 6 heteroatoms. The summed E-state index contributed by atoms with van der Waals surface area (Å²) in [6, 6.07) is 16.7. The maximum atomic E-state index is 11.8. The van der Waals surface area contributed by atoms with Crippen LogP contribution in [0.4, 0.5) is 0 Å². The summed E-state index contributed by atoms with van der Waals surface area (Å²) >= 11 is 0. The first-order chi connectivity index (χ1) is 12.1. The smallest absolute Gasteiger partial charge is 0.317 e. The van der Waals surface area contributed by atoms with Crippen molar-refractivity contribution in [2.45, 2.75) is 6.42 Å². The molecule has 2 rings (SSSR count). The fourth-order valence-corrected chi connectivity index (χ4v) is 1.93. The van der Waals surface area contributed by atoms with Crippen LogP contribution < -0.4 is 0 Å². The van der Waals surface area contributed by atoms with Crippen LogP contribution in [0.5, 0.6) is 0 Å². The van der Waals surface area contributed by atoms with E-state index >= 15 is 0 Å². The number of esters is 2. The molecule has 6 nitrogen and oxygen atoms in total. The molecule has 2 aromatic carbocycles. The lowest BCUT2D eigenvalue weighted by atomic mass is 10.1. The lowest BCUT2D eigenvalue weighted by molar-refractivity contribution is -0.153. The second-order valence-corrected chi connectivity index (χ2v) is 5.08. The summed E-state index contributed by atoms with van der Waals surface area (Å²) in [6.07, 6.45) is -0.663. The summed E-state index contributed by atoms with van der Waals surface area (Å²) < 4.78 is 9.49. The quantitative estimate of drug-likeness (QED) is 0.416. The zero-order valence-electron chi connectivity index (χ0n) is 13.3. The van der Waals surface area contributed by atoms with Gasteiger partial charge in [0.15, 0.2) is 24.8 Å². The number of Topliss-reactive ketones (excluding diaryl/α,β-unsaturated/α-hetero) is 2. The van der Waals surface area contributed by atoms with Gasteiger partial charge in [-0.25, -0.2) is 0 Å². The molecule has 0 fully saturated rings. The van der Waals surface area contributed by atoms with Crippen LogP contribution in [0, 0.1) is 0 Å². The highest BCUT2D eigenvalue weighted by Crippen LogP contribution is 2.03. The van der Waals surface area contributed by atoms with Gasteiger partial charge in [0.1, 0.15) is 6.42 Å². The summed E-state index contributed by atoms with van der Waals surface area (Å²) in [4.78, 5) is 46.6. The van der Waals surface area contributed by atoms with E-state index in [0.29, 0.717) is 11.1 Å². The van der Waals surface area contributed by atoms with Gasteiger partial charge in [0.05, 0.1) is 0 Å². The van der Waals surface area contributed by atoms with Crippen molar-refractivity contribution in [1.29, 1.82) is 0 Å². The van der Waals surface area contributed by atoms with Crippen LogP contribution in [0.2, 0.25) is 0 Å². The van der Waals surface area contributed by atoms with Crippen molar-refractivity contribution in [2.75, 3.05) is 13.2 Å². The number of hydrogen-bond donors (Lipinski definition) is 0. The van der Waals surface area contributed by atoms with E-state index in [-0.39, 0.29) is 11.6 Å². The highest BCUT2D eigenvalue weighted by atomic mass is 16.6. The van der Waals surface area contributed by atoms with Gasteiger partial charge in [-0.1, -0.05) is 60.7 Å². The third-order valence-corrected chi connectivity index (χ3v) is 3.21. The minimum absolute atomic E-state index is 0.374. The predicted molar refractivity (Wildman–Crippen MR) is 88.1 cm³/mol. The first-order valence-electron chi connectivity index (χ1n) is 7.54. The lowest BCUT2D eigenvalue weighted by Crippen LogP contribution is -2.20. The molecule has 0 aliphatic rings. The van der Waals surface area contributed by atoms with Gasteiger partial charge in [-0.15, -0.1) is 0 Å². The SMILES string of the molecule is O=C(CC(=O)OCC(=O)c1ccccc1)OCC(=O)c1ccccc1. The molecule has 0 heterocycles. The molecule has 0 unspecified atom stereocenters. The molecule has 128 valence electrons. The van der Waals surface area contributed by atoms with E-state index < -0.39 is 31.6 Å². The Balaban J connectivity index is 1.70. The highest BCUT2D eigenvalue weighted by Gasteiger charge is 2.16. The molecule has 25 heavy (non-hydrogen) atoms. The average Bonchev–Trinajstić information content (AvgIpc) is 2.65. The van der Waals surface area contributed by atoms with Crippen molar-refractivity contribution in [2.24, 2.45) is 0 Å². The summed E-state index contributed by atoms with van der Waals surface area (Å²) in [5.74, 6) is -2.52. The van der Waals surface area contributed by atoms with E-state index in [4.69, 9.17) is 9.47 Å². The fraction of sp³-hybridized carbons (Fsp3) is 0.158. The number of rotatable bonds is 8. The Kier molecular flexibility index (Phi) is 6.59. The van der Waals surface area contributed by atoms with Gasteiger partial charge in [0.2, 0.25) is 0 Å². The second kappa shape index (κ2) is 9.12. The molecule has 0 atom stereocenters. The van der Waals surface area contributed by atoms with Crippen molar-refractivity contribution in [3.05, 3.63) is 71.8 Å². The van der Waals surface area contributed by atoms with E-state index in [9.17, 15) is 19.2 Å². The molecule has 0 aliphatic carbocycles. The van der Waals surface area contributed by atoms with E-state index in [1.165, 1.54) is 0 Å². The Morgan fingerprint density at radius 3 is 1.32 bits per heavy atom. The van der Waals surface area contributed by atoms with Gasteiger partial charge < -0.3 is 9.47 Å². The molecule has 0 spiro atoms. The van der Waals surface area contributed by atoms with Crippen molar-refractivity contribution in [3.8, 4) is 0 Å². The van der Waals surface area contributed by atoms with Gasteiger partial charge in [-0.3, -0.25) is 19.2 Å². The Morgan fingerprint density at radius 2 is 0.960 bits per heavy atom. The third-order valence-electron chi connectivity index (χ3n) is 3.21. The number of carbonyl (C=O) groups is 4. The minimum Gasteiger partial charge on any atom is -0.457 e. The molecule has 2 aromatic rings. The minimum atomic E-state index is -0.888. The number of carbonyl (C=O) groups excluding carboxylic acids is 4. The average molecular weight is 340 g/mol. The van der Waals surface area contributed by atoms with Crippen LogP contribution in [0.25, 0.3) is 0 Å². The van der Waals surface area contributed by atoms with Crippen LogP contribution in [-0.4, -0.2) is 36.7 Å². The summed E-state index contributed by atoms with van der Waals surface area (Å²) in [6.45, 7) is -0.919. The largest absolute Gasteiger partial charge is 0.457 e. The molecular weight excluding hydrogens is 324 g/mol. The van der Waals surface area contributed by atoms with E-state index in [2.05, 4.69) is 0 Å². The van der Waals surface area contributed by atoms with Gasteiger partial charge in [0, 0.05) is 11.1 Å². The molecule has 0 saturated heterocycles. The number of hydrogen-bond acceptors (Lipinski definition) is 6. The van der Waals surface area contributed by atoms with Crippen molar-refractivity contribution in [3.63, 3.8) is 0 Å². The Morgan fingerprint density at radius 1 is 0.600 bits per heavy atom. The van der Waals surface area contributed by atoms with Crippen LogP contribution in [0.1, 0.15) is 27.1 Å². The fourth-order valence-electron chi connectivity index (χ4n) is 1.93. The number of benzene rings is 2. The van der Waals surface area contributed by atoms with Crippen LogP contribution in [-0.2, 0) is 19.1 Å². The molecular formula is C19H16O6. The summed E-state index contributed by atoms with van der Waals surface area (Å²) in [5, 5.41) is 0. The van der Waals surface area contributed by atoms with E-state index in [0.717, 1.165) is 0 Å².